The van der Waals surface area contributed by atoms with Gasteiger partial charge in [0, 0.05) is 18.7 Å². The van der Waals surface area contributed by atoms with Crippen molar-refractivity contribution in [2.24, 2.45) is 0 Å². The van der Waals surface area contributed by atoms with E-state index in [9.17, 15) is 4.79 Å². The van der Waals surface area contributed by atoms with Crippen LogP contribution in [-0.4, -0.2) is 40.1 Å². The van der Waals surface area contributed by atoms with Crippen LogP contribution in [0.15, 0.2) is 29.7 Å². The summed E-state index contributed by atoms with van der Waals surface area (Å²) in [6.45, 7) is 1.15. The normalized spacial score (nSPS) is 10.3. The molecule has 23 heavy (non-hydrogen) atoms. The first-order valence-corrected chi connectivity index (χ1v) is 7.99. The standard InChI is InChI=1S/C14H14ClN5O2S/c1-22-5-4-20-9-17-19-14(20)23-8-13(21)18-12-6-11(15)3-2-10(12)7-16/h2-3,6,9H,4-5,8H2,1H3,(H,18,21). The monoisotopic (exact) mass is 351 g/mol. The van der Waals surface area contributed by atoms with Crippen molar-refractivity contribution in [3.8, 4) is 6.07 Å². The molecular formula is C14H14ClN5O2S. The van der Waals surface area contributed by atoms with Gasteiger partial charge in [0.25, 0.3) is 0 Å². The van der Waals surface area contributed by atoms with Gasteiger partial charge in [-0.2, -0.15) is 5.26 Å². The molecule has 0 bridgehead atoms. The molecule has 0 fully saturated rings. The zero-order valence-corrected chi connectivity index (χ0v) is 13.9. The molecule has 1 aromatic carbocycles. The number of benzene rings is 1. The first-order valence-electron chi connectivity index (χ1n) is 6.63. The number of nitrogens with one attached hydrogen (secondary N) is 1. The quantitative estimate of drug-likeness (QED) is 0.768. The topological polar surface area (TPSA) is 92.8 Å². The first-order chi connectivity index (χ1) is 11.1. The van der Waals surface area contributed by atoms with Crippen molar-refractivity contribution in [1.82, 2.24) is 14.8 Å². The van der Waals surface area contributed by atoms with Crippen LogP contribution in [0.2, 0.25) is 5.02 Å². The molecule has 120 valence electrons. The molecule has 1 amide bonds. The number of rotatable bonds is 7. The van der Waals surface area contributed by atoms with Gasteiger partial charge in [-0.05, 0) is 18.2 Å². The summed E-state index contributed by atoms with van der Waals surface area (Å²) in [6.07, 6.45) is 1.59. The highest BCUT2D eigenvalue weighted by molar-refractivity contribution is 7.99. The van der Waals surface area contributed by atoms with E-state index >= 15 is 0 Å². The Kier molecular flexibility index (Phi) is 6.40. The number of nitrogens with zero attached hydrogens (tertiary/aromatic N) is 4. The summed E-state index contributed by atoms with van der Waals surface area (Å²) in [5, 5.41) is 20.6. The predicted molar refractivity (Wildman–Crippen MR) is 87.4 cm³/mol. The number of methoxy groups -OCH3 is 1. The highest BCUT2D eigenvalue weighted by atomic mass is 35.5. The average Bonchev–Trinajstić information content (AvgIpc) is 2.98. The predicted octanol–water partition coefficient (Wildman–Crippen LogP) is 2.18. The highest BCUT2D eigenvalue weighted by Gasteiger charge is 2.11. The van der Waals surface area contributed by atoms with Crippen LogP contribution in [-0.2, 0) is 16.1 Å². The number of thioether (sulfide) groups is 1. The molecule has 2 aromatic rings. The van der Waals surface area contributed by atoms with Crippen LogP contribution in [0.25, 0.3) is 0 Å². The van der Waals surface area contributed by atoms with Crippen molar-refractivity contribution in [2.45, 2.75) is 11.7 Å². The number of aromatic nitrogens is 3. The molecule has 0 atom stereocenters. The molecule has 0 radical (unpaired) electrons. The van der Waals surface area contributed by atoms with Gasteiger partial charge in [0.1, 0.15) is 12.4 Å². The lowest BCUT2D eigenvalue weighted by Gasteiger charge is -2.08. The molecule has 0 unspecified atom stereocenters. The molecule has 1 heterocycles. The maximum absolute atomic E-state index is 12.0. The summed E-state index contributed by atoms with van der Waals surface area (Å²) in [4.78, 5) is 12.0. The number of ether oxygens (including phenoxy) is 1. The highest BCUT2D eigenvalue weighted by Crippen LogP contribution is 2.21. The number of nitriles is 1. The summed E-state index contributed by atoms with van der Waals surface area (Å²) in [5.74, 6) is -0.113. The fourth-order valence-electron chi connectivity index (χ4n) is 1.73. The Hall–Kier alpha value is -2.08. The Morgan fingerprint density at radius 1 is 1.57 bits per heavy atom. The Morgan fingerprint density at radius 2 is 2.39 bits per heavy atom. The van der Waals surface area contributed by atoms with Crippen molar-refractivity contribution < 1.29 is 9.53 Å². The van der Waals surface area contributed by atoms with Gasteiger partial charge >= 0.3 is 0 Å². The van der Waals surface area contributed by atoms with E-state index in [1.165, 1.54) is 11.8 Å². The molecular weight excluding hydrogens is 338 g/mol. The molecule has 0 saturated carbocycles. The zero-order chi connectivity index (χ0) is 16.7. The van der Waals surface area contributed by atoms with E-state index in [-0.39, 0.29) is 11.7 Å². The molecule has 0 aliphatic rings. The summed E-state index contributed by atoms with van der Waals surface area (Å²) in [7, 11) is 1.61. The third-order valence-corrected chi connectivity index (χ3v) is 4.04. The van der Waals surface area contributed by atoms with Gasteiger partial charge in [0.05, 0.1) is 23.6 Å². The molecule has 2 rings (SSSR count). The minimum absolute atomic E-state index is 0.142. The minimum Gasteiger partial charge on any atom is -0.383 e. The second-order valence-electron chi connectivity index (χ2n) is 4.44. The van der Waals surface area contributed by atoms with Crippen molar-refractivity contribution in [2.75, 3.05) is 24.8 Å². The van der Waals surface area contributed by atoms with Crippen LogP contribution in [0, 0.1) is 11.3 Å². The molecule has 0 aliphatic carbocycles. The zero-order valence-electron chi connectivity index (χ0n) is 12.3. The smallest absolute Gasteiger partial charge is 0.234 e. The van der Waals surface area contributed by atoms with E-state index in [1.54, 1.807) is 31.6 Å². The van der Waals surface area contributed by atoms with Crippen LogP contribution >= 0.6 is 23.4 Å². The molecule has 0 saturated heterocycles. The van der Waals surface area contributed by atoms with Gasteiger partial charge in [-0.25, -0.2) is 0 Å². The number of carbonyl (C=O) groups excluding carboxylic acids is 1. The Balaban J connectivity index is 1.95. The van der Waals surface area contributed by atoms with E-state index in [1.807, 2.05) is 10.6 Å². The van der Waals surface area contributed by atoms with E-state index in [2.05, 4.69) is 15.5 Å². The Morgan fingerprint density at radius 3 is 3.13 bits per heavy atom. The Bertz CT molecular complexity index is 728. The molecule has 1 aromatic heterocycles. The molecule has 7 nitrogen and oxygen atoms in total. The lowest BCUT2D eigenvalue weighted by molar-refractivity contribution is -0.113. The third-order valence-electron chi connectivity index (χ3n) is 2.82. The third kappa shape index (κ3) is 4.96. The van der Waals surface area contributed by atoms with Gasteiger partial charge < -0.3 is 14.6 Å². The van der Waals surface area contributed by atoms with Crippen molar-refractivity contribution in [3.63, 3.8) is 0 Å². The largest absolute Gasteiger partial charge is 0.383 e. The average molecular weight is 352 g/mol. The van der Waals surface area contributed by atoms with Crippen LogP contribution in [0.1, 0.15) is 5.56 Å². The second kappa shape index (κ2) is 8.53. The maximum atomic E-state index is 12.0. The van der Waals surface area contributed by atoms with E-state index in [0.717, 1.165) is 0 Å². The molecule has 1 N–H and O–H groups in total. The van der Waals surface area contributed by atoms with Gasteiger partial charge in [0.2, 0.25) is 5.91 Å². The molecule has 9 heteroatoms. The fourth-order valence-corrected chi connectivity index (χ4v) is 2.65. The Labute approximate surface area is 142 Å². The fraction of sp³-hybridized carbons (Fsp3) is 0.286. The van der Waals surface area contributed by atoms with E-state index in [0.29, 0.717) is 34.6 Å². The summed E-state index contributed by atoms with van der Waals surface area (Å²) in [5.41, 5.74) is 0.752. The van der Waals surface area contributed by atoms with Crippen molar-refractivity contribution >= 4 is 35.0 Å². The van der Waals surface area contributed by atoms with Gasteiger partial charge in [-0.3, -0.25) is 4.79 Å². The van der Waals surface area contributed by atoms with Crippen LogP contribution < -0.4 is 5.32 Å². The minimum atomic E-state index is -0.255. The van der Waals surface area contributed by atoms with Crippen LogP contribution in [0.3, 0.4) is 0 Å². The summed E-state index contributed by atoms with van der Waals surface area (Å²) in [6, 6.07) is 6.72. The first kappa shape index (κ1) is 17.3. The van der Waals surface area contributed by atoms with Gasteiger partial charge in [-0.15, -0.1) is 10.2 Å². The number of hydrogen-bond donors (Lipinski definition) is 1. The molecule has 0 aliphatic heterocycles. The van der Waals surface area contributed by atoms with E-state index in [4.69, 9.17) is 21.6 Å². The van der Waals surface area contributed by atoms with Gasteiger partial charge in [0.15, 0.2) is 5.16 Å². The lowest BCUT2D eigenvalue weighted by atomic mass is 10.2. The number of halogens is 1. The SMILES string of the molecule is COCCn1cnnc1SCC(=O)Nc1cc(Cl)ccc1C#N. The molecule has 0 spiro atoms. The van der Waals surface area contributed by atoms with Crippen LogP contribution in [0.5, 0.6) is 0 Å². The summed E-state index contributed by atoms with van der Waals surface area (Å²) < 4.78 is 6.81. The van der Waals surface area contributed by atoms with Gasteiger partial charge in [-0.1, -0.05) is 23.4 Å². The van der Waals surface area contributed by atoms with Crippen LogP contribution in [0.4, 0.5) is 5.69 Å². The van der Waals surface area contributed by atoms with E-state index < -0.39 is 0 Å². The number of anilines is 1. The van der Waals surface area contributed by atoms with Crippen molar-refractivity contribution in [3.05, 3.63) is 35.1 Å². The number of hydrogen-bond acceptors (Lipinski definition) is 6. The number of carbonyl (C=O) groups is 1. The van der Waals surface area contributed by atoms with Crippen molar-refractivity contribution in [1.29, 1.82) is 5.26 Å². The second-order valence-corrected chi connectivity index (χ2v) is 5.82. The number of amides is 1. The lowest BCUT2D eigenvalue weighted by Crippen LogP contribution is -2.15. The maximum Gasteiger partial charge on any atom is 0.234 e. The summed E-state index contributed by atoms with van der Waals surface area (Å²) >= 11 is 7.14.